The first kappa shape index (κ1) is 28.7. The Morgan fingerprint density at radius 3 is 2.90 bits per heavy atom. The molecule has 8 atom stereocenters. The molecule has 1 amide bonds. The van der Waals surface area contributed by atoms with Gasteiger partial charge in [0.05, 0.1) is 36.9 Å². The fourth-order valence-corrected chi connectivity index (χ4v) is 7.91. The number of alkyl halides is 1. The lowest BCUT2D eigenvalue weighted by Crippen LogP contribution is -2.73. The highest BCUT2D eigenvalue weighted by molar-refractivity contribution is 5.87. The number of nitrogens with zero attached hydrogens (tertiary/aromatic N) is 4. The van der Waals surface area contributed by atoms with Gasteiger partial charge in [0.25, 0.3) is 0 Å². The maximum Gasteiger partial charge on any atom is 0.246 e. The van der Waals surface area contributed by atoms with E-state index in [1.165, 1.54) is 12.5 Å². The number of carbonyl (C=O) groups excluding carboxylic acids is 1. The first-order valence-corrected chi connectivity index (χ1v) is 15.2. The van der Waals surface area contributed by atoms with Crippen molar-refractivity contribution in [3.05, 3.63) is 48.0 Å². The molecule has 5 aliphatic rings. The monoisotopic (exact) mass is 566 g/mol. The molecule has 0 bridgehead atoms. The second-order valence-electron chi connectivity index (χ2n) is 12.5. The maximum absolute atomic E-state index is 15.3. The van der Waals surface area contributed by atoms with Crippen LogP contribution in [0.3, 0.4) is 0 Å². The van der Waals surface area contributed by atoms with Crippen molar-refractivity contribution >= 4 is 5.91 Å². The van der Waals surface area contributed by atoms with Crippen molar-refractivity contribution in [2.45, 2.75) is 87.5 Å². The molecule has 9 nitrogen and oxygen atoms in total. The molecule has 2 N–H and O–H groups in total. The van der Waals surface area contributed by atoms with Crippen LogP contribution in [0.15, 0.2) is 36.9 Å². The zero-order valence-corrected chi connectivity index (χ0v) is 24.0. The number of ether oxygens (including phenoxy) is 2. The molecule has 3 saturated heterocycles. The molecule has 10 heteroatoms. The molecule has 1 spiro atoms. The molecule has 1 aliphatic carbocycles. The number of likely N-dealkylation sites (N-methyl/N-ethyl adjacent to an activating group) is 1. The second kappa shape index (κ2) is 12.1. The Kier molecular flexibility index (Phi) is 8.46. The molecular weight excluding hydrogens is 523 g/mol. The summed E-state index contributed by atoms with van der Waals surface area (Å²) in [5, 5.41) is 17.0. The summed E-state index contributed by atoms with van der Waals surface area (Å²) in [6, 6.07) is 10.3. The van der Waals surface area contributed by atoms with Crippen LogP contribution in [0.4, 0.5) is 4.39 Å². The van der Waals surface area contributed by atoms with E-state index < -0.39 is 12.0 Å². The number of benzene rings is 1. The Bertz CT molecular complexity index is 1160. The summed E-state index contributed by atoms with van der Waals surface area (Å²) in [6.07, 6.45) is 5.21. The van der Waals surface area contributed by atoms with Crippen molar-refractivity contribution < 1.29 is 18.7 Å². The second-order valence-corrected chi connectivity index (χ2v) is 12.5. The largest absolute Gasteiger partial charge is 0.348 e. The number of nitriles is 1. The molecule has 1 aromatic carbocycles. The van der Waals surface area contributed by atoms with Crippen molar-refractivity contribution in [3.8, 4) is 6.07 Å². The van der Waals surface area contributed by atoms with Gasteiger partial charge in [0, 0.05) is 49.6 Å². The Morgan fingerprint density at radius 1 is 1.27 bits per heavy atom. The van der Waals surface area contributed by atoms with Crippen LogP contribution in [0.1, 0.15) is 56.0 Å². The van der Waals surface area contributed by atoms with Gasteiger partial charge in [-0.3, -0.25) is 20.3 Å². The molecule has 7 unspecified atom stereocenters. The third kappa shape index (κ3) is 5.81. The van der Waals surface area contributed by atoms with Gasteiger partial charge in [-0.25, -0.2) is 4.39 Å². The Morgan fingerprint density at radius 2 is 2.12 bits per heavy atom. The van der Waals surface area contributed by atoms with Gasteiger partial charge in [-0.05, 0) is 57.3 Å². The van der Waals surface area contributed by atoms with Crippen molar-refractivity contribution in [3.63, 3.8) is 0 Å². The fourth-order valence-electron chi connectivity index (χ4n) is 7.91. The number of likely N-dealkylation sites (tertiary alicyclic amines) is 1. The number of rotatable bonds is 6. The van der Waals surface area contributed by atoms with Gasteiger partial charge in [-0.15, -0.1) is 0 Å². The zero-order chi connectivity index (χ0) is 28.6. The van der Waals surface area contributed by atoms with Gasteiger partial charge in [-0.1, -0.05) is 30.8 Å². The van der Waals surface area contributed by atoms with E-state index in [1.807, 2.05) is 24.3 Å². The summed E-state index contributed by atoms with van der Waals surface area (Å²) in [5.74, 6) is 0.121. The normalized spacial score (nSPS) is 37.8. The quantitative estimate of drug-likeness (QED) is 0.508. The smallest absolute Gasteiger partial charge is 0.246 e. The summed E-state index contributed by atoms with van der Waals surface area (Å²) in [6.45, 7) is 7.22. The molecule has 6 rings (SSSR count). The molecule has 222 valence electrons. The summed E-state index contributed by atoms with van der Waals surface area (Å²) >= 11 is 0. The highest BCUT2D eigenvalue weighted by Gasteiger charge is 2.52. The molecule has 4 fully saturated rings. The number of amides is 1. The van der Waals surface area contributed by atoms with Crippen molar-refractivity contribution in [1.29, 1.82) is 5.26 Å². The molecular formula is C31H43FN6O3. The number of hydrogen-bond donors (Lipinski definition) is 2. The van der Waals surface area contributed by atoms with Crippen LogP contribution in [-0.2, 0) is 20.7 Å². The Hall–Kier alpha value is -2.39. The topological polar surface area (TPSA) is 93.1 Å². The van der Waals surface area contributed by atoms with Gasteiger partial charge in [0.15, 0.2) is 6.35 Å². The fraction of sp³-hybridized carbons (Fsp3) is 0.677. The van der Waals surface area contributed by atoms with Crippen molar-refractivity contribution in [2.24, 2.45) is 5.92 Å². The summed E-state index contributed by atoms with van der Waals surface area (Å²) in [4.78, 5) is 19.0. The zero-order valence-electron chi connectivity index (χ0n) is 24.0. The summed E-state index contributed by atoms with van der Waals surface area (Å²) in [5.41, 5.74) is 1.13. The molecule has 4 aliphatic heterocycles. The number of halogens is 1. The van der Waals surface area contributed by atoms with E-state index in [4.69, 9.17) is 9.47 Å². The van der Waals surface area contributed by atoms with Gasteiger partial charge < -0.3 is 19.3 Å². The lowest BCUT2D eigenvalue weighted by molar-refractivity contribution is -0.198. The predicted octanol–water partition coefficient (Wildman–Crippen LogP) is 2.66. The van der Waals surface area contributed by atoms with Gasteiger partial charge in [0.1, 0.15) is 0 Å². The number of hydrogen-bond acceptors (Lipinski definition) is 8. The lowest BCUT2D eigenvalue weighted by Gasteiger charge is -2.56. The van der Waals surface area contributed by atoms with E-state index in [0.29, 0.717) is 50.7 Å². The summed E-state index contributed by atoms with van der Waals surface area (Å²) < 4.78 is 28.0. The molecule has 1 saturated carbocycles. The van der Waals surface area contributed by atoms with Crippen molar-refractivity contribution in [2.75, 3.05) is 39.8 Å². The van der Waals surface area contributed by atoms with Crippen LogP contribution in [0.2, 0.25) is 0 Å². The third-order valence-electron chi connectivity index (χ3n) is 10.1. The minimum Gasteiger partial charge on any atom is -0.348 e. The highest BCUT2D eigenvalue weighted by Crippen LogP contribution is 2.47. The van der Waals surface area contributed by atoms with Crippen LogP contribution in [0.25, 0.3) is 0 Å². The molecule has 1 aromatic rings. The van der Waals surface area contributed by atoms with Gasteiger partial charge in [-0.2, -0.15) is 5.26 Å². The van der Waals surface area contributed by atoms with E-state index in [1.54, 1.807) is 4.90 Å². The minimum atomic E-state index is -1.42. The lowest BCUT2D eigenvalue weighted by atomic mass is 9.69. The average Bonchev–Trinajstić information content (AvgIpc) is 3.39. The third-order valence-corrected chi connectivity index (χ3v) is 10.1. The van der Waals surface area contributed by atoms with Crippen LogP contribution < -0.4 is 10.6 Å². The van der Waals surface area contributed by atoms with E-state index in [2.05, 4.69) is 40.1 Å². The van der Waals surface area contributed by atoms with Gasteiger partial charge >= 0.3 is 0 Å². The summed E-state index contributed by atoms with van der Waals surface area (Å²) in [7, 11) is 2.15. The molecule has 0 radical (unpaired) electrons. The van der Waals surface area contributed by atoms with Crippen LogP contribution in [-0.4, -0.2) is 96.7 Å². The van der Waals surface area contributed by atoms with E-state index >= 15 is 4.39 Å². The molecule has 4 heterocycles. The van der Waals surface area contributed by atoms with Crippen LogP contribution in [0, 0.1) is 17.2 Å². The Balaban J connectivity index is 1.22. The van der Waals surface area contributed by atoms with Gasteiger partial charge in [0.2, 0.25) is 12.3 Å². The average molecular weight is 567 g/mol. The maximum atomic E-state index is 15.3. The number of fused-ring (bicyclic) bond motifs is 2. The van der Waals surface area contributed by atoms with Crippen LogP contribution >= 0.6 is 0 Å². The number of carbonyl (C=O) groups is 1. The first-order chi connectivity index (χ1) is 19.9. The van der Waals surface area contributed by atoms with Crippen molar-refractivity contribution in [1.82, 2.24) is 25.3 Å². The SMILES string of the molecule is C=CC(=O)N1CCN(C2NC(OCC3CCCN3C)NC3C[C@@]4(CCC32)Cc2ccccc2C(F)O4)CC1CC#N. The van der Waals surface area contributed by atoms with Crippen LogP contribution in [0.5, 0.6) is 0 Å². The Labute approximate surface area is 242 Å². The molecule has 41 heavy (non-hydrogen) atoms. The first-order valence-electron chi connectivity index (χ1n) is 15.2. The highest BCUT2D eigenvalue weighted by atomic mass is 19.1. The standard InChI is InChI=1S/C31H43FN6O3/c1-3-27(39)38-16-15-37(19-22(38)11-13-33)29-25-10-12-31(17-21-7-4-5-9-24(21)28(32)41-31)18-26(25)34-30(35-29)40-20-23-8-6-14-36(23)2/h3-5,7,9,22-23,25-26,28-30,34-35H,1,6,8,10-12,14-20H2,2H3/t22?,23?,25?,26?,28?,29?,30?,31-/m1/s1. The minimum absolute atomic E-state index is 0.00383. The number of nitrogens with one attached hydrogen (secondary N) is 2. The van der Waals surface area contributed by atoms with E-state index in [0.717, 1.165) is 31.4 Å². The van der Waals surface area contributed by atoms with E-state index in [9.17, 15) is 10.1 Å². The molecule has 0 aromatic heterocycles. The number of piperazine rings is 1. The predicted molar refractivity (Wildman–Crippen MR) is 152 cm³/mol. The van der Waals surface area contributed by atoms with E-state index in [-0.39, 0.29) is 42.8 Å².